The number of thioether (sulfide) groups is 1. The van der Waals surface area contributed by atoms with E-state index in [1.165, 1.54) is 4.90 Å². The SMILES string of the molecule is Cc1ccc(CN2C(=O)S/C(=C\c3cc(Br)ccc3OCc3ccccc3)C2=O)cc1. The molecule has 0 unspecified atom stereocenters. The number of amides is 2. The first-order chi connectivity index (χ1) is 15.0. The van der Waals surface area contributed by atoms with Gasteiger partial charge in [0.2, 0.25) is 0 Å². The van der Waals surface area contributed by atoms with Crippen LogP contribution in [0.1, 0.15) is 22.3 Å². The molecule has 0 N–H and O–H groups in total. The van der Waals surface area contributed by atoms with Crippen molar-refractivity contribution in [3.8, 4) is 5.75 Å². The van der Waals surface area contributed by atoms with Gasteiger partial charge in [-0.1, -0.05) is 76.1 Å². The standard InChI is InChI=1S/C25H20BrNO3S/c1-17-7-9-18(10-8-17)15-27-24(28)23(31-25(27)29)14-20-13-21(26)11-12-22(20)30-16-19-5-3-2-4-6-19/h2-14H,15-16H2,1H3/b23-14-. The Balaban J connectivity index is 1.55. The second-order valence-electron chi connectivity index (χ2n) is 7.21. The first-order valence-electron chi connectivity index (χ1n) is 9.77. The quantitative estimate of drug-likeness (QED) is 0.364. The zero-order valence-electron chi connectivity index (χ0n) is 16.9. The van der Waals surface area contributed by atoms with E-state index in [9.17, 15) is 9.59 Å². The van der Waals surface area contributed by atoms with Gasteiger partial charge in [-0.3, -0.25) is 14.5 Å². The van der Waals surface area contributed by atoms with E-state index in [2.05, 4.69) is 15.9 Å². The highest BCUT2D eigenvalue weighted by atomic mass is 79.9. The van der Waals surface area contributed by atoms with Crippen molar-refractivity contribution in [2.24, 2.45) is 0 Å². The molecule has 2 amide bonds. The van der Waals surface area contributed by atoms with E-state index in [1.54, 1.807) is 6.08 Å². The molecule has 4 rings (SSSR count). The summed E-state index contributed by atoms with van der Waals surface area (Å²) in [6.45, 7) is 2.68. The van der Waals surface area contributed by atoms with Crippen molar-refractivity contribution in [1.29, 1.82) is 0 Å². The number of benzene rings is 3. The molecule has 1 saturated heterocycles. The Morgan fingerprint density at radius 2 is 1.71 bits per heavy atom. The van der Waals surface area contributed by atoms with Crippen molar-refractivity contribution in [3.05, 3.63) is 104 Å². The predicted molar refractivity (Wildman–Crippen MR) is 128 cm³/mol. The lowest BCUT2D eigenvalue weighted by Crippen LogP contribution is -2.27. The summed E-state index contributed by atoms with van der Waals surface area (Å²) in [6.07, 6.45) is 1.73. The van der Waals surface area contributed by atoms with Crippen molar-refractivity contribution in [2.45, 2.75) is 20.1 Å². The van der Waals surface area contributed by atoms with Crippen LogP contribution in [0.4, 0.5) is 4.79 Å². The zero-order chi connectivity index (χ0) is 21.8. The summed E-state index contributed by atoms with van der Waals surface area (Å²) in [5, 5.41) is -0.265. The van der Waals surface area contributed by atoms with Crippen LogP contribution in [-0.4, -0.2) is 16.0 Å². The fourth-order valence-electron chi connectivity index (χ4n) is 3.15. The molecule has 3 aromatic carbocycles. The maximum Gasteiger partial charge on any atom is 0.293 e. The van der Waals surface area contributed by atoms with Gasteiger partial charge in [0.05, 0.1) is 11.4 Å². The fraction of sp³-hybridized carbons (Fsp3) is 0.120. The van der Waals surface area contributed by atoms with E-state index in [0.29, 0.717) is 17.3 Å². The molecule has 0 aliphatic carbocycles. The minimum absolute atomic E-state index is 0.262. The Morgan fingerprint density at radius 3 is 2.45 bits per heavy atom. The number of halogens is 1. The molecule has 1 fully saturated rings. The second kappa shape index (κ2) is 9.54. The van der Waals surface area contributed by atoms with Gasteiger partial charge < -0.3 is 4.74 Å². The number of imide groups is 1. The molecule has 0 spiro atoms. The third kappa shape index (κ3) is 5.27. The molecule has 156 valence electrons. The van der Waals surface area contributed by atoms with Gasteiger partial charge in [0.25, 0.3) is 11.1 Å². The third-order valence-electron chi connectivity index (χ3n) is 4.83. The average molecular weight is 494 g/mol. The number of carbonyl (C=O) groups excluding carboxylic acids is 2. The minimum Gasteiger partial charge on any atom is -0.488 e. The van der Waals surface area contributed by atoms with Crippen molar-refractivity contribution >= 4 is 44.9 Å². The summed E-state index contributed by atoms with van der Waals surface area (Å²) in [5.74, 6) is 0.363. The first-order valence-corrected chi connectivity index (χ1v) is 11.4. The van der Waals surface area contributed by atoms with E-state index in [0.717, 1.165) is 38.5 Å². The van der Waals surface area contributed by atoms with Crippen LogP contribution in [0.5, 0.6) is 5.75 Å². The molecule has 0 aromatic heterocycles. The predicted octanol–water partition coefficient (Wildman–Crippen LogP) is 6.57. The smallest absolute Gasteiger partial charge is 0.293 e. The fourth-order valence-corrected chi connectivity index (χ4v) is 4.36. The Hall–Kier alpha value is -2.83. The lowest BCUT2D eigenvalue weighted by Gasteiger charge is -2.13. The van der Waals surface area contributed by atoms with Crippen LogP contribution in [0, 0.1) is 6.92 Å². The topological polar surface area (TPSA) is 46.6 Å². The Bertz CT molecular complexity index is 1140. The Morgan fingerprint density at radius 1 is 0.968 bits per heavy atom. The molecule has 1 aliphatic heterocycles. The van der Waals surface area contributed by atoms with Crippen LogP contribution in [-0.2, 0) is 17.9 Å². The maximum absolute atomic E-state index is 12.9. The Kier molecular flexibility index (Phi) is 6.59. The van der Waals surface area contributed by atoms with Gasteiger partial charge in [-0.25, -0.2) is 0 Å². The van der Waals surface area contributed by atoms with E-state index in [-0.39, 0.29) is 17.7 Å². The Labute approximate surface area is 194 Å². The number of hydrogen-bond acceptors (Lipinski definition) is 4. The van der Waals surface area contributed by atoms with Gasteiger partial charge in [0, 0.05) is 10.0 Å². The van der Waals surface area contributed by atoms with Crippen LogP contribution < -0.4 is 4.74 Å². The lowest BCUT2D eigenvalue weighted by atomic mass is 10.1. The number of nitrogens with zero attached hydrogens (tertiary/aromatic N) is 1. The van der Waals surface area contributed by atoms with Crippen LogP contribution >= 0.6 is 27.7 Å². The first kappa shape index (κ1) is 21.4. The third-order valence-corrected chi connectivity index (χ3v) is 6.23. The molecule has 6 heteroatoms. The van der Waals surface area contributed by atoms with Gasteiger partial charge in [0.1, 0.15) is 12.4 Å². The second-order valence-corrected chi connectivity index (χ2v) is 9.12. The van der Waals surface area contributed by atoms with Gasteiger partial charge in [-0.05, 0) is 54.1 Å². The normalized spacial score (nSPS) is 15.0. The van der Waals surface area contributed by atoms with E-state index >= 15 is 0 Å². The molecule has 0 bridgehead atoms. The molecule has 4 nitrogen and oxygen atoms in total. The van der Waals surface area contributed by atoms with Crippen molar-refractivity contribution in [1.82, 2.24) is 4.90 Å². The molecule has 3 aromatic rings. The van der Waals surface area contributed by atoms with Crippen LogP contribution in [0.3, 0.4) is 0 Å². The molecular formula is C25H20BrNO3S. The van der Waals surface area contributed by atoms with Crippen molar-refractivity contribution in [2.75, 3.05) is 0 Å². The molecule has 31 heavy (non-hydrogen) atoms. The average Bonchev–Trinajstić information content (AvgIpc) is 3.03. The molecular weight excluding hydrogens is 474 g/mol. The summed E-state index contributed by atoms with van der Waals surface area (Å²) < 4.78 is 6.87. The highest BCUT2D eigenvalue weighted by molar-refractivity contribution is 9.10. The van der Waals surface area contributed by atoms with Gasteiger partial charge >= 0.3 is 0 Å². The highest BCUT2D eigenvalue weighted by Crippen LogP contribution is 2.35. The van der Waals surface area contributed by atoms with E-state index in [4.69, 9.17) is 4.74 Å². The van der Waals surface area contributed by atoms with Crippen LogP contribution in [0.2, 0.25) is 0 Å². The number of aryl methyl sites for hydroxylation is 1. The molecule has 1 aliphatic rings. The summed E-state index contributed by atoms with van der Waals surface area (Å²) in [7, 11) is 0. The lowest BCUT2D eigenvalue weighted by molar-refractivity contribution is -0.123. The number of carbonyl (C=O) groups is 2. The molecule has 0 radical (unpaired) electrons. The van der Waals surface area contributed by atoms with Gasteiger partial charge in [-0.15, -0.1) is 0 Å². The summed E-state index contributed by atoms with van der Waals surface area (Å²) in [5.41, 5.74) is 3.85. The van der Waals surface area contributed by atoms with Crippen molar-refractivity contribution < 1.29 is 14.3 Å². The summed E-state index contributed by atoms with van der Waals surface area (Å²) in [4.78, 5) is 27.1. The minimum atomic E-state index is -0.287. The maximum atomic E-state index is 12.9. The molecule has 1 heterocycles. The van der Waals surface area contributed by atoms with Crippen molar-refractivity contribution in [3.63, 3.8) is 0 Å². The van der Waals surface area contributed by atoms with Crippen LogP contribution in [0.25, 0.3) is 6.08 Å². The summed E-state index contributed by atoms with van der Waals surface area (Å²) in [6, 6.07) is 23.3. The monoisotopic (exact) mass is 493 g/mol. The van der Waals surface area contributed by atoms with E-state index < -0.39 is 0 Å². The van der Waals surface area contributed by atoms with Gasteiger partial charge in [0.15, 0.2) is 0 Å². The number of hydrogen-bond donors (Lipinski definition) is 0. The highest BCUT2D eigenvalue weighted by Gasteiger charge is 2.35. The van der Waals surface area contributed by atoms with Gasteiger partial charge in [-0.2, -0.15) is 0 Å². The van der Waals surface area contributed by atoms with E-state index in [1.807, 2.05) is 79.7 Å². The molecule has 0 saturated carbocycles. The number of ether oxygens (including phenoxy) is 1. The number of rotatable bonds is 6. The summed E-state index contributed by atoms with van der Waals surface area (Å²) >= 11 is 4.43. The largest absolute Gasteiger partial charge is 0.488 e. The van der Waals surface area contributed by atoms with Crippen LogP contribution in [0.15, 0.2) is 82.2 Å². The zero-order valence-corrected chi connectivity index (χ0v) is 19.3. The molecule has 0 atom stereocenters.